The first-order valence-corrected chi connectivity index (χ1v) is 11.0. The molecule has 2 aromatic rings. The molecule has 9 heteroatoms. The number of fused-ring (bicyclic) bond motifs is 1. The van der Waals surface area contributed by atoms with Crippen molar-refractivity contribution in [2.45, 2.75) is 30.3 Å². The van der Waals surface area contributed by atoms with Crippen LogP contribution in [0.3, 0.4) is 0 Å². The maximum absolute atomic E-state index is 13.2. The lowest BCUT2D eigenvalue weighted by Crippen LogP contribution is -2.37. The number of amides is 1. The van der Waals surface area contributed by atoms with Gasteiger partial charge in [-0.2, -0.15) is 4.31 Å². The Morgan fingerprint density at radius 2 is 1.89 bits per heavy atom. The number of nitrogens with zero attached hydrogens (tertiary/aromatic N) is 2. The summed E-state index contributed by atoms with van der Waals surface area (Å²) in [6.07, 6.45) is 1.44. The van der Waals surface area contributed by atoms with E-state index in [-0.39, 0.29) is 34.1 Å². The summed E-state index contributed by atoms with van der Waals surface area (Å²) in [5.74, 6) is -0.232. The van der Waals surface area contributed by atoms with E-state index in [9.17, 15) is 13.2 Å². The van der Waals surface area contributed by atoms with Gasteiger partial charge in [0, 0.05) is 32.2 Å². The topological polar surface area (TPSA) is 83.7 Å². The van der Waals surface area contributed by atoms with Gasteiger partial charge < -0.3 is 10.6 Å². The third kappa shape index (κ3) is 3.77. The van der Waals surface area contributed by atoms with Crippen molar-refractivity contribution >= 4 is 39.7 Å². The Morgan fingerprint density at radius 3 is 2.59 bits per heavy atom. The molecule has 27 heavy (non-hydrogen) atoms. The van der Waals surface area contributed by atoms with Crippen LogP contribution in [0.1, 0.15) is 27.2 Å². The molecule has 0 saturated carbocycles. The number of hydrogen-bond acceptors (Lipinski definition) is 5. The van der Waals surface area contributed by atoms with Gasteiger partial charge in [0.05, 0.1) is 0 Å². The Kier molecular flexibility index (Phi) is 5.93. The van der Waals surface area contributed by atoms with Crippen LogP contribution in [-0.4, -0.2) is 49.2 Å². The van der Waals surface area contributed by atoms with Gasteiger partial charge in [0.15, 0.2) is 0 Å². The molecule has 1 aromatic carbocycles. The van der Waals surface area contributed by atoms with E-state index in [0.717, 1.165) is 12.0 Å². The van der Waals surface area contributed by atoms with Gasteiger partial charge in [-0.15, -0.1) is 23.7 Å². The molecule has 1 saturated heterocycles. The van der Waals surface area contributed by atoms with Crippen molar-refractivity contribution in [2.75, 3.05) is 19.6 Å². The highest BCUT2D eigenvalue weighted by molar-refractivity contribution is 7.89. The van der Waals surface area contributed by atoms with Crippen molar-refractivity contribution in [1.29, 1.82) is 0 Å². The number of halogens is 1. The second-order valence-corrected chi connectivity index (χ2v) is 9.59. The molecule has 4 rings (SSSR count). The molecule has 0 spiro atoms. The first-order chi connectivity index (χ1) is 12.5. The number of sulfonamides is 1. The van der Waals surface area contributed by atoms with E-state index in [1.807, 2.05) is 24.3 Å². The summed E-state index contributed by atoms with van der Waals surface area (Å²) in [7, 11) is -3.72. The largest absolute Gasteiger partial charge is 0.336 e. The minimum Gasteiger partial charge on any atom is -0.336 e. The van der Waals surface area contributed by atoms with E-state index in [1.165, 1.54) is 21.2 Å². The quantitative estimate of drug-likeness (QED) is 0.812. The predicted molar refractivity (Wildman–Crippen MR) is 108 cm³/mol. The van der Waals surface area contributed by atoms with Crippen LogP contribution in [0.4, 0.5) is 0 Å². The fourth-order valence-electron chi connectivity index (χ4n) is 3.59. The van der Waals surface area contributed by atoms with Crippen LogP contribution in [-0.2, 0) is 23.0 Å². The van der Waals surface area contributed by atoms with Gasteiger partial charge in [-0.1, -0.05) is 24.3 Å². The summed E-state index contributed by atoms with van der Waals surface area (Å²) in [4.78, 5) is 14.9. The molecule has 2 N–H and O–H groups in total. The van der Waals surface area contributed by atoms with Crippen LogP contribution in [0.25, 0.3) is 0 Å². The number of rotatable bonds is 3. The fourth-order valence-corrected chi connectivity index (χ4v) is 6.37. The van der Waals surface area contributed by atoms with Crippen LogP contribution in [0.15, 0.2) is 40.6 Å². The predicted octanol–water partition coefficient (Wildman–Crippen LogP) is 2.09. The third-order valence-electron chi connectivity index (χ3n) is 5.05. The number of benzene rings is 1. The van der Waals surface area contributed by atoms with Gasteiger partial charge in [-0.05, 0) is 35.4 Å². The number of nitrogens with two attached hydrogens (primary N) is 1. The molecule has 146 valence electrons. The minimum atomic E-state index is -3.72. The van der Waals surface area contributed by atoms with Gasteiger partial charge in [-0.25, -0.2) is 8.42 Å². The zero-order valence-electron chi connectivity index (χ0n) is 14.7. The molecule has 1 unspecified atom stereocenters. The van der Waals surface area contributed by atoms with Gasteiger partial charge in [-0.3, -0.25) is 4.79 Å². The van der Waals surface area contributed by atoms with E-state index < -0.39 is 10.0 Å². The first-order valence-electron chi connectivity index (χ1n) is 8.66. The number of thiophene rings is 1. The zero-order chi connectivity index (χ0) is 18.3. The van der Waals surface area contributed by atoms with E-state index in [0.29, 0.717) is 32.6 Å². The molecule has 1 atom stereocenters. The fraction of sp³-hybridized carbons (Fsp3) is 0.389. The van der Waals surface area contributed by atoms with Gasteiger partial charge in [0.2, 0.25) is 10.0 Å². The van der Waals surface area contributed by atoms with E-state index in [1.54, 1.807) is 16.3 Å². The van der Waals surface area contributed by atoms with Crippen molar-refractivity contribution in [2.24, 2.45) is 5.73 Å². The highest BCUT2D eigenvalue weighted by atomic mass is 35.5. The standard InChI is InChI=1S/C18H21N3O3S2.ClH/c19-15-6-8-20(12-15)18(22)17-16(7-10-25-17)26(23,24)21-9-5-13-3-1-2-4-14(13)11-21;/h1-4,7,10,15H,5-6,8-9,11-12,19H2;1H. The van der Waals surface area contributed by atoms with Crippen LogP contribution >= 0.6 is 23.7 Å². The molecule has 1 fully saturated rings. The molecule has 2 aliphatic rings. The number of likely N-dealkylation sites (tertiary alicyclic amines) is 1. The van der Waals surface area contributed by atoms with Crippen LogP contribution in [0, 0.1) is 0 Å². The normalized spacial score (nSPS) is 20.2. The number of hydrogen-bond donors (Lipinski definition) is 1. The summed E-state index contributed by atoms with van der Waals surface area (Å²) < 4.78 is 27.9. The summed E-state index contributed by atoms with van der Waals surface area (Å²) >= 11 is 1.18. The van der Waals surface area contributed by atoms with Crippen molar-refractivity contribution in [3.8, 4) is 0 Å². The highest BCUT2D eigenvalue weighted by Gasteiger charge is 2.34. The molecule has 3 heterocycles. The van der Waals surface area contributed by atoms with Gasteiger partial charge in [0.25, 0.3) is 5.91 Å². The summed E-state index contributed by atoms with van der Waals surface area (Å²) in [5.41, 5.74) is 8.10. The van der Waals surface area contributed by atoms with E-state index in [4.69, 9.17) is 5.73 Å². The summed E-state index contributed by atoms with van der Waals surface area (Å²) in [6, 6.07) is 9.41. The second-order valence-electron chi connectivity index (χ2n) is 6.77. The Morgan fingerprint density at radius 1 is 1.15 bits per heavy atom. The van der Waals surface area contributed by atoms with Crippen molar-refractivity contribution in [3.05, 3.63) is 51.7 Å². The minimum absolute atomic E-state index is 0. The smallest absolute Gasteiger partial charge is 0.265 e. The van der Waals surface area contributed by atoms with Crippen molar-refractivity contribution < 1.29 is 13.2 Å². The summed E-state index contributed by atoms with van der Waals surface area (Å²) in [6.45, 7) is 1.83. The Hall–Kier alpha value is -1.45. The monoisotopic (exact) mass is 427 g/mol. The van der Waals surface area contributed by atoms with Crippen LogP contribution in [0.5, 0.6) is 0 Å². The average Bonchev–Trinajstić information content (AvgIpc) is 3.30. The maximum atomic E-state index is 13.2. The van der Waals surface area contributed by atoms with Gasteiger partial charge >= 0.3 is 0 Å². The maximum Gasteiger partial charge on any atom is 0.265 e. The molecule has 2 aliphatic heterocycles. The lowest BCUT2D eigenvalue weighted by atomic mass is 10.0. The molecule has 0 radical (unpaired) electrons. The van der Waals surface area contributed by atoms with Crippen LogP contribution < -0.4 is 5.73 Å². The Labute approximate surface area is 169 Å². The van der Waals surface area contributed by atoms with Gasteiger partial charge in [0.1, 0.15) is 9.77 Å². The summed E-state index contributed by atoms with van der Waals surface area (Å²) in [5, 5.41) is 1.67. The SMILES string of the molecule is Cl.NC1CCN(C(=O)c2sccc2S(=O)(=O)N2CCc3ccccc3C2)C1. The average molecular weight is 428 g/mol. The Balaban J connectivity index is 0.00000210. The third-order valence-corrected chi connectivity index (χ3v) is 7.97. The highest BCUT2D eigenvalue weighted by Crippen LogP contribution is 2.30. The van der Waals surface area contributed by atoms with Crippen molar-refractivity contribution in [1.82, 2.24) is 9.21 Å². The molecule has 0 bridgehead atoms. The lowest BCUT2D eigenvalue weighted by molar-refractivity contribution is 0.0792. The number of carbonyl (C=O) groups excluding carboxylic acids is 1. The lowest BCUT2D eigenvalue weighted by Gasteiger charge is -2.28. The van der Waals surface area contributed by atoms with E-state index >= 15 is 0 Å². The zero-order valence-corrected chi connectivity index (χ0v) is 17.2. The number of carbonyl (C=O) groups is 1. The molecule has 1 aromatic heterocycles. The van der Waals surface area contributed by atoms with Crippen molar-refractivity contribution in [3.63, 3.8) is 0 Å². The molecule has 0 aliphatic carbocycles. The molecular weight excluding hydrogens is 406 g/mol. The van der Waals surface area contributed by atoms with E-state index in [2.05, 4.69) is 0 Å². The first kappa shape index (κ1) is 20.3. The molecule has 6 nitrogen and oxygen atoms in total. The molecular formula is C18H22ClN3O3S2. The Bertz CT molecular complexity index is 945. The second kappa shape index (κ2) is 7.89. The van der Waals surface area contributed by atoms with Crippen LogP contribution in [0.2, 0.25) is 0 Å². The molecule has 1 amide bonds.